The number of carbonyl (C=O) groups excluding carboxylic acids is 3. The van der Waals surface area contributed by atoms with Gasteiger partial charge in [-0.3, -0.25) is 9.59 Å². The van der Waals surface area contributed by atoms with Crippen molar-refractivity contribution in [1.29, 1.82) is 0 Å². The third kappa shape index (κ3) is 9.24. The van der Waals surface area contributed by atoms with E-state index in [1.54, 1.807) is 39.8 Å². The topological polar surface area (TPSA) is 108 Å². The van der Waals surface area contributed by atoms with Crippen molar-refractivity contribution in [2.24, 2.45) is 0 Å². The SMILES string of the molecule is C=CCN(C(=O)C(Cc1ccccc1)NC(=O)OC(C)(C)C)C(C(=O)NCc1ccccc1)c1ccc(O)c(C)c1. The molecule has 0 spiro atoms. The Morgan fingerprint density at radius 3 is 2.15 bits per heavy atom. The predicted molar refractivity (Wildman–Crippen MR) is 159 cm³/mol. The van der Waals surface area contributed by atoms with Crippen molar-refractivity contribution in [3.05, 3.63) is 114 Å². The van der Waals surface area contributed by atoms with Crippen LogP contribution in [0.5, 0.6) is 5.75 Å². The van der Waals surface area contributed by atoms with Gasteiger partial charge < -0.3 is 25.4 Å². The minimum absolute atomic E-state index is 0.0312. The molecule has 3 amide bonds. The van der Waals surface area contributed by atoms with E-state index in [1.807, 2.05) is 60.7 Å². The Morgan fingerprint density at radius 1 is 0.976 bits per heavy atom. The van der Waals surface area contributed by atoms with Gasteiger partial charge in [0.2, 0.25) is 11.8 Å². The summed E-state index contributed by atoms with van der Waals surface area (Å²) >= 11 is 0. The second-order valence-corrected chi connectivity index (χ2v) is 10.8. The van der Waals surface area contributed by atoms with Crippen LogP contribution in [0.1, 0.15) is 49.1 Å². The molecule has 2 atom stereocenters. The second-order valence-electron chi connectivity index (χ2n) is 10.8. The summed E-state index contributed by atoms with van der Waals surface area (Å²) in [5, 5.41) is 15.8. The molecule has 0 bridgehead atoms. The smallest absolute Gasteiger partial charge is 0.408 e. The number of phenolic OH excluding ortho intramolecular Hbond substituents is 1. The fourth-order valence-electron chi connectivity index (χ4n) is 4.36. The molecular weight excluding hydrogens is 518 g/mol. The summed E-state index contributed by atoms with van der Waals surface area (Å²) in [6, 6.07) is 21.4. The van der Waals surface area contributed by atoms with Crippen molar-refractivity contribution in [3.8, 4) is 5.75 Å². The number of ether oxygens (including phenoxy) is 1. The lowest BCUT2D eigenvalue weighted by Gasteiger charge is -2.34. The minimum Gasteiger partial charge on any atom is -0.508 e. The number of alkyl carbamates (subject to hydrolysis) is 1. The van der Waals surface area contributed by atoms with Crippen LogP contribution in [0.2, 0.25) is 0 Å². The molecule has 0 aliphatic carbocycles. The molecule has 0 radical (unpaired) electrons. The summed E-state index contributed by atoms with van der Waals surface area (Å²) in [7, 11) is 0. The molecule has 2 unspecified atom stereocenters. The Morgan fingerprint density at radius 2 is 1.59 bits per heavy atom. The van der Waals surface area contributed by atoms with Crippen molar-refractivity contribution < 1.29 is 24.2 Å². The number of carbonyl (C=O) groups is 3. The van der Waals surface area contributed by atoms with E-state index in [1.165, 1.54) is 17.0 Å². The number of aromatic hydroxyl groups is 1. The van der Waals surface area contributed by atoms with Crippen LogP contribution in [0.25, 0.3) is 0 Å². The van der Waals surface area contributed by atoms with E-state index in [4.69, 9.17) is 4.74 Å². The maximum absolute atomic E-state index is 14.3. The summed E-state index contributed by atoms with van der Waals surface area (Å²) in [5.41, 5.74) is 2.02. The molecule has 8 heteroatoms. The zero-order valence-corrected chi connectivity index (χ0v) is 24.1. The monoisotopic (exact) mass is 557 g/mol. The van der Waals surface area contributed by atoms with Crippen LogP contribution < -0.4 is 10.6 Å². The molecular formula is C33H39N3O5. The van der Waals surface area contributed by atoms with E-state index >= 15 is 0 Å². The second kappa shape index (κ2) is 14.2. The maximum atomic E-state index is 14.3. The number of nitrogens with one attached hydrogen (secondary N) is 2. The number of benzene rings is 3. The molecule has 3 rings (SSSR count). The lowest BCUT2D eigenvalue weighted by atomic mass is 9.98. The highest BCUT2D eigenvalue weighted by Crippen LogP contribution is 2.27. The number of amides is 3. The molecule has 0 aromatic heterocycles. The Labute approximate surface area is 242 Å². The first-order valence-electron chi connectivity index (χ1n) is 13.5. The first-order valence-corrected chi connectivity index (χ1v) is 13.5. The summed E-state index contributed by atoms with van der Waals surface area (Å²) in [6.07, 6.45) is 0.978. The third-order valence-electron chi connectivity index (χ3n) is 6.29. The first kappa shape index (κ1) is 30.9. The van der Waals surface area contributed by atoms with Crippen molar-refractivity contribution >= 4 is 17.9 Å². The molecule has 0 saturated carbocycles. The highest BCUT2D eigenvalue weighted by atomic mass is 16.6. The molecule has 8 nitrogen and oxygen atoms in total. The summed E-state index contributed by atoms with van der Waals surface area (Å²) in [5.74, 6) is -0.817. The Bertz CT molecular complexity index is 1340. The molecule has 216 valence electrons. The van der Waals surface area contributed by atoms with E-state index in [0.29, 0.717) is 11.1 Å². The van der Waals surface area contributed by atoms with Crippen LogP contribution in [-0.4, -0.2) is 46.1 Å². The zero-order chi connectivity index (χ0) is 30.0. The van der Waals surface area contributed by atoms with Crippen molar-refractivity contribution in [2.45, 2.75) is 58.3 Å². The highest BCUT2D eigenvalue weighted by molar-refractivity contribution is 5.92. The standard InChI is InChI=1S/C33H39N3O5/c1-6-19-36(31(39)27(21-24-13-9-7-10-14-24)35-32(40)41-33(3,4)5)29(26-17-18-28(37)23(2)20-26)30(38)34-22-25-15-11-8-12-16-25/h6-18,20,27,29,37H,1,19,21-22H2,2-5H3,(H,34,38)(H,35,40). The van der Waals surface area contributed by atoms with E-state index in [9.17, 15) is 19.5 Å². The van der Waals surface area contributed by atoms with Gasteiger partial charge >= 0.3 is 6.09 Å². The summed E-state index contributed by atoms with van der Waals surface area (Å²) < 4.78 is 5.46. The van der Waals surface area contributed by atoms with Gasteiger partial charge in [0.25, 0.3) is 0 Å². The van der Waals surface area contributed by atoms with Gasteiger partial charge in [-0.15, -0.1) is 6.58 Å². The predicted octanol–water partition coefficient (Wildman–Crippen LogP) is 5.21. The quantitative estimate of drug-likeness (QED) is 0.281. The van der Waals surface area contributed by atoms with Gasteiger partial charge in [0.1, 0.15) is 23.4 Å². The van der Waals surface area contributed by atoms with E-state index in [-0.39, 0.29) is 25.3 Å². The van der Waals surface area contributed by atoms with Crippen LogP contribution >= 0.6 is 0 Å². The lowest BCUT2D eigenvalue weighted by molar-refractivity contribution is -0.141. The lowest BCUT2D eigenvalue weighted by Crippen LogP contribution is -2.53. The highest BCUT2D eigenvalue weighted by Gasteiger charge is 2.36. The zero-order valence-electron chi connectivity index (χ0n) is 24.1. The van der Waals surface area contributed by atoms with Gasteiger partial charge in [0.05, 0.1) is 0 Å². The van der Waals surface area contributed by atoms with Gasteiger partial charge in [0, 0.05) is 19.5 Å². The molecule has 3 aromatic rings. The van der Waals surface area contributed by atoms with Crippen LogP contribution in [0.4, 0.5) is 4.79 Å². The van der Waals surface area contributed by atoms with Gasteiger partial charge in [-0.25, -0.2) is 4.79 Å². The summed E-state index contributed by atoms with van der Waals surface area (Å²) in [6.45, 7) is 11.1. The van der Waals surface area contributed by atoms with Gasteiger partial charge in [0.15, 0.2) is 0 Å². The third-order valence-corrected chi connectivity index (χ3v) is 6.29. The number of rotatable bonds is 11. The van der Waals surface area contributed by atoms with Crippen molar-refractivity contribution in [2.75, 3.05) is 6.54 Å². The average molecular weight is 558 g/mol. The van der Waals surface area contributed by atoms with Crippen LogP contribution in [0.15, 0.2) is 91.5 Å². The number of hydrogen-bond acceptors (Lipinski definition) is 5. The number of nitrogens with zero attached hydrogens (tertiary/aromatic N) is 1. The van der Waals surface area contributed by atoms with Gasteiger partial charge in [-0.05, 0) is 62.1 Å². The van der Waals surface area contributed by atoms with Gasteiger partial charge in [-0.1, -0.05) is 72.8 Å². The number of hydrogen-bond donors (Lipinski definition) is 3. The van der Waals surface area contributed by atoms with Crippen LogP contribution in [-0.2, 0) is 27.3 Å². The number of aryl methyl sites for hydroxylation is 1. The van der Waals surface area contributed by atoms with Crippen LogP contribution in [0.3, 0.4) is 0 Å². The maximum Gasteiger partial charge on any atom is 0.408 e. The van der Waals surface area contributed by atoms with Crippen LogP contribution in [0, 0.1) is 6.92 Å². The van der Waals surface area contributed by atoms with Gasteiger partial charge in [-0.2, -0.15) is 0 Å². The average Bonchev–Trinajstić information content (AvgIpc) is 2.93. The first-order chi connectivity index (χ1) is 19.5. The van der Waals surface area contributed by atoms with E-state index < -0.39 is 35.6 Å². The van der Waals surface area contributed by atoms with E-state index in [2.05, 4.69) is 17.2 Å². The molecule has 41 heavy (non-hydrogen) atoms. The molecule has 3 N–H and O–H groups in total. The molecule has 0 fully saturated rings. The minimum atomic E-state index is -1.07. The molecule has 0 saturated heterocycles. The van der Waals surface area contributed by atoms with Crippen molar-refractivity contribution in [1.82, 2.24) is 15.5 Å². The molecule has 0 heterocycles. The molecule has 3 aromatic carbocycles. The normalized spacial score (nSPS) is 12.5. The fraction of sp³-hybridized carbons (Fsp3) is 0.303. The largest absolute Gasteiger partial charge is 0.508 e. The number of phenols is 1. The molecule has 0 aliphatic heterocycles. The summed E-state index contributed by atoms with van der Waals surface area (Å²) in [4.78, 5) is 42.3. The Kier molecular flexibility index (Phi) is 10.7. The van der Waals surface area contributed by atoms with Crippen molar-refractivity contribution in [3.63, 3.8) is 0 Å². The molecule has 0 aliphatic rings. The Balaban J connectivity index is 2.01. The fourth-order valence-corrected chi connectivity index (χ4v) is 4.36. The van der Waals surface area contributed by atoms with E-state index in [0.717, 1.165) is 11.1 Å². The Hall–Kier alpha value is -4.59.